The van der Waals surface area contributed by atoms with Crippen LogP contribution < -0.4 is 0 Å². The number of pyridine rings is 1. The average molecular weight is 305 g/mol. The monoisotopic (exact) mass is 304 g/mol. The molecule has 1 aromatic heterocycles. The lowest BCUT2D eigenvalue weighted by molar-refractivity contribution is 0.0514. The van der Waals surface area contributed by atoms with Gasteiger partial charge in [0.25, 0.3) is 6.43 Å². The highest BCUT2D eigenvalue weighted by Crippen LogP contribution is 2.30. The van der Waals surface area contributed by atoms with Gasteiger partial charge in [-0.2, -0.15) is 5.26 Å². The number of esters is 1. The number of halogens is 3. The Bertz CT molecular complexity index is 486. The average Bonchev–Trinajstić information content (AvgIpc) is 2.28. The summed E-state index contributed by atoms with van der Waals surface area (Å²) < 4.78 is 30.0. The Balaban J connectivity index is 3.41. The first-order chi connectivity index (χ1) is 8.02. The van der Waals surface area contributed by atoms with Crippen LogP contribution in [0.3, 0.4) is 0 Å². The zero-order chi connectivity index (χ0) is 13.0. The molecule has 1 aromatic rings. The molecule has 0 aliphatic heterocycles. The predicted molar refractivity (Wildman–Crippen MR) is 57.6 cm³/mol. The van der Waals surface area contributed by atoms with Crippen LogP contribution in [-0.2, 0) is 4.74 Å². The second-order valence-electron chi connectivity index (χ2n) is 2.88. The van der Waals surface area contributed by atoms with Gasteiger partial charge in [-0.25, -0.2) is 18.6 Å². The number of carbonyl (C=O) groups is 1. The van der Waals surface area contributed by atoms with Crippen molar-refractivity contribution in [3.05, 3.63) is 27.5 Å². The largest absolute Gasteiger partial charge is 0.462 e. The van der Waals surface area contributed by atoms with Gasteiger partial charge in [0.15, 0.2) is 5.69 Å². The minimum atomic E-state index is -2.87. The highest BCUT2D eigenvalue weighted by atomic mass is 79.9. The van der Waals surface area contributed by atoms with Crippen molar-refractivity contribution in [3.8, 4) is 6.07 Å². The standard InChI is InChI=1S/C10H7BrF2N2O2/c1-2-17-10(16)7-5(9(12)13)4-15-6(3-14)8(7)11/h4,9H,2H2,1H3. The maximum absolute atomic E-state index is 12.7. The summed E-state index contributed by atoms with van der Waals surface area (Å²) in [5.74, 6) is -0.909. The van der Waals surface area contributed by atoms with Crippen LogP contribution in [0.15, 0.2) is 10.7 Å². The summed E-state index contributed by atoms with van der Waals surface area (Å²) in [4.78, 5) is 15.1. The topological polar surface area (TPSA) is 63.0 Å². The van der Waals surface area contributed by atoms with E-state index in [9.17, 15) is 13.6 Å². The summed E-state index contributed by atoms with van der Waals surface area (Å²) in [7, 11) is 0. The van der Waals surface area contributed by atoms with Crippen molar-refractivity contribution in [2.24, 2.45) is 0 Å². The Morgan fingerprint density at radius 3 is 2.82 bits per heavy atom. The zero-order valence-electron chi connectivity index (χ0n) is 8.71. The van der Waals surface area contributed by atoms with E-state index in [1.807, 2.05) is 0 Å². The summed E-state index contributed by atoms with van der Waals surface area (Å²) in [6.07, 6.45) is -2.06. The fourth-order valence-electron chi connectivity index (χ4n) is 1.15. The van der Waals surface area contributed by atoms with Gasteiger partial charge < -0.3 is 4.74 Å². The van der Waals surface area contributed by atoms with Gasteiger partial charge in [0.2, 0.25) is 0 Å². The highest BCUT2D eigenvalue weighted by Gasteiger charge is 2.25. The van der Waals surface area contributed by atoms with E-state index in [-0.39, 0.29) is 22.3 Å². The van der Waals surface area contributed by atoms with Crippen molar-refractivity contribution in [3.63, 3.8) is 0 Å². The number of nitriles is 1. The maximum Gasteiger partial charge on any atom is 0.339 e. The molecule has 0 atom stereocenters. The molecule has 17 heavy (non-hydrogen) atoms. The third-order valence-electron chi connectivity index (χ3n) is 1.87. The Labute approximate surface area is 104 Å². The maximum atomic E-state index is 12.7. The van der Waals surface area contributed by atoms with Crippen molar-refractivity contribution in [1.82, 2.24) is 4.98 Å². The van der Waals surface area contributed by atoms with Crippen LogP contribution in [0.4, 0.5) is 8.78 Å². The molecular weight excluding hydrogens is 298 g/mol. The molecule has 0 saturated heterocycles. The summed E-state index contributed by atoms with van der Waals surface area (Å²) in [5, 5.41) is 8.70. The van der Waals surface area contributed by atoms with Crippen LogP contribution >= 0.6 is 15.9 Å². The van der Waals surface area contributed by atoms with Crippen molar-refractivity contribution in [2.45, 2.75) is 13.3 Å². The highest BCUT2D eigenvalue weighted by molar-refractivity contribution is 9.10. The van der Waals surface area contributed by atoms with Crippen LogP contribution in [0.1, 0.15) is 35.0 Å². The quantitative estimate of drug-likeness (QED) is 0.806. The van der Waals surface area contributed by atoms with Gasteiger partial charge in [0, 0.05) is 6.20 Å². The van der Waals surface area contributed by atoms with Gasteiger partial charge in [0.05, 0.1) is 22.2 Å². The Morgan fingerprint density at radius 1 is 1.71 bits per heavy atom. The number of hydrogen-bond donors (Lipinski definition) is 0. The van der Waals surface area contributed by atoms with E-state index in [1.54, 1.807) is 13.0 Å². The van der Waals surface area contributed by atoms with Crippen molar-refractivity contribution < 1.29 is 18.3 Å². The SMILES string of the molecule is CCOC(=O)c1c(C(F)F)cnc(C#N)c1Br. The second-order valence-corrected chi connectivity index (χ2v) is 3.68. The molecule has 90 valence electrons. The molecule has 0 bridgehead atoms. The number of carbonyl (C=O) groups excluding carboxylic acids is 1. The molecule has 0 spiro atoms. The van der Waals surface area contributed by atoms with Gasteiger partial charge in [-0.3, -0.25) is 0 Å². The van der Waals surface area contributed by atoms with Gasteiger partial charge in [0.1, 0.15) is 6.07 Å². The van der Waals surface area contributed by atoms with E-state index < -0.39 is 18.0 Å². The van der Waals surface area contributed by atoms with E-state index in [4.69, 9.17) is 5.26 Å². The Hall–Kier alpha value is -1.55. The second kappa shape index (κ2) is 5.68. The molecule has 0 saturated carbocycles. The fraction of sp³-hybridized carbons (Fsp3) is 0.300. The van der Waals surface area contributed by atoms with E-state index in [0.717, 1.165) is 6.20 Å². The Morgan fingerprint density at radius 2 is 2.35 bits per heavy atom. The number of hydrogen-bond acceptors (Lipinski definition) is 4. The lowest BCUT2D eigenvalue weighted by atomic mass is 10.1. The summed E-state index contributed by atoms with van der Waals surface area (Å²) >= 11 is 2.91. The third kappa shape index (κ3) is 2.77. The summed E-state index contributed by atoms with van der Waals surface area (Å²) in [5.41, 5.74) is -1.06. The third-order valence-corrected chi connectivity index (χ3v) is 2.64. The summed E-state index contributed by atoms with van der Waals surface area (Å²) in [6.45, 7) is 1.61. The first-order valence-corrected chi connectivity index (χ1v) is 5.36. The molecule has 1 heterocycles. The number of rotatable bonds is 3. The van der Waals surface area contributed by atoms with E-state index in [0.29, 0.717) is 0 Å². The van der Waals surface area contributed by atoms with E-state index >= 15 is 0 Å². The molecular formula is C10H7BrF2N2O2. The molecule has 0 unspecified atom stereocenters. The molecule has 0 fully saturated rings. The minimum absolute atomic E-state index is 0.0537. The fourth-order valence-corrected chi connectivity index (χ4v) is 1.74. The lowest BCUT2D eigenvalue weighted by Crippen LogP contribution is -2.11. The Kier molecular flexibility index (Phi) is 4.52. The molecule has 4 nitrogen and oxygen atoms in total. The van der Waals surface area contributed by atoms with Gasteiger partial charge in [-0.05, 0) is 22.9 Å². The van der Waals surface area contributed by atoms with E-state index in [2.05, 4.69) is 25.7 Å². The van der Waals surface area contributed by atoms with Crippen molar-refractivity contribution in [1.29, 1.82) is 5.26 Å². The normalized spacial score (nSPS) is 10.1. The van der Waals surface area contributed by atoms with Gasteiger partial charge in [-0.1, -0.05) is 0 Å². The van der Waals surface area contributed by atoms with Crippen LogP contribution in [0, 0.1) is 11.3 Å². The molecule has 0 aliphatic carbocycles. The van der Waals surface area contributed by atoms with Crippen molar-refractivity contribution >= 4 is 21.9 Å². The molecule has 0 aromatic carbocycles. The van der Waals surface area contributed by atoms with Crippen molar-refractivity contribution in [2.75, 3.05) is 6.61 Å². The summed E-state index contributed by atoms with van der Waals surface area (Å²) in [6, 6.07) is 1.69. The smallest absolute Gasteiger partial charge is 0.339 e. The number of alkyl halides is 2. The number of aromatic nitrogens is 1. The van der Waals surface area contributed by atoms with Crippen LogP contribution in [0.5, 0.6) is 0 Å². The molecule has 7 heteroatoms. The van der Waals surface area contributed by atoms with E-state index in [1.165, 1.54) is 0 Å². The molecule has 0 amide bonds. The van der Waals surface area contributed by atoms with Gasteiger partial charge >= 0.3 is 5.97 Å². The molecule has 0 N–H and O–H groups in total. The van der Waals surface area contributed by atoms with Crippen LogP contribution in [0.2, 0.25) is 0 Å². The first kappa shape index (κ1) is 13.5. The first-order valence-electron chi connectivity index (χ1n) is 4.56. The predicted octanol–water partition coefficient (Wildman–Crippen LogP) is 2.83. The van der Waals surface area contributed by atoms with Crippen LogP contribution in [-0.4, -0.2) is 17.6 Å². The van der Waals surface area contributed by atoms with Gasteiger partial charge in [-0.15, -0.1) is 0 Å². The number of nitrogens with zero attached hydrogens (tertiary/aromatic N) is 2. The lowest BCUT2D eigenvalue weighted by Gasteiger charge is -2.10. The zero-order valence-corrected chi connectivity index (χ0v) is 10.3. The van der Waals surface area contributed by atoms with Crippen LogP contribution in [0.25, 0.3) is 0 Å². The molecule has 1 rings (SSSR count). The molecule has 0 aliphatic rings. The minimum Gasteiger partial charge on any atom is -0.462 e. The molecule has 0 radical (unpaired) electrons. The number of ether oxygens (including phenoxy) is 1.